The van der Waals surface area contributed by atoms with Gasteiger partial charge >= 0.3 is 0 Å². The average Bonchev–Trinajstić information content (AvgIpc) is 2.78. The van der Waals surface area contributed by atoms with Crippen molar-refractivity contribution in [2.24, 2.45) is 17.6 Å². The Balaban J connectivity index is 2.39. The van der Waals surface area contributed by atoms with Crippen molar-refractivity contribution >= 4 is 5.91 Å². The molecule has 3 N–H and O–H groups in total. The Labute approximate surface area is 104 Å². The van der Waals surface area contributed by atoms with Gasteiger partial charge in [0.05, 0.1) is 18.1 Å². The zero-order chi connectivity index (χ0) is 12.8. The molecular weight excluding hydrogens is 216 g/mol. The molecule has 1 rings (SSSR count). The third-order valence-electron chi connectivity index (χ3n) is 3.30. The maximum Gasteiger partial charge on any atom is 0.224 e. The molecular formula is C13H26N2O2. The Hall–Kier alpha value is -0.610. The molecule has 0 aromatic carbocycles. The van der Waals surface area contributed by atoms with Crippen molar-refractivity contribution in [1.29, 1.82) is 0 Å². The first-order valence-corrected chi connectivity index (χ1v) is 6.66. The van der Waals surface area contributed by atoms with Crippen molar-refractivity contribution in [3.63, 3.8) is 0 Å². The lowest BCUT2D eigenvalue weighted by atomic mass is 9.96. The molecule has 1 saturated heterocycles. The number of nitrogens with two attached hydrogens (primary N) is 1. The number of amides is 1. The summed E-state index contributed by atoms with van der Waals surface area (Å²) in [5.41, 5.74) is 5.66. The van der Waals surface area contributed by atoms with Crippen LogP contribution in [0.3, 0.4) is 0 Å². The number of hydrogen-bond donors (Lipinski definition) is 2. The monoisotopic (exact) mass is 242 g/mol. The van der Waals surface area contributed by atoms with Gasteiger partial charge in [-0.15, -0.1) is 0 Å². The maximum absolute atomic E-state index is 12.0. The van der Waals surface area contributed by atoms with Crippen LogP contribution in [0.15, 0.2) is 0 Å². The van der Waals surface area contributed by atoms with Crippen LogP contribution in [-0.2, 0) is 9.53 Å². The molecule has 1 aliphatic heterocycles. The van der Waals surface area contributed by atoms with E-state index >= 15 is 0 Å². The van der Waals surface area contributed by atoms with E-state index in [9.17, 15) is 4.79 Å². The van der Waals surface area contributed by atoms with Crippen LogP contribution in [0, 0.1) is 11.8 Å². The Morgan fingerprint density at radius 1 is 1.47 bits per heavy atom. The highest BCUT2D eigenvalue weighted by Gasteiger charge is 2.26. The summed E-state index contributed by atoms with van der Waals surface area (Å²) in [5, 5.41) is 3.03. The summed E-state index contributed by atoms with van der Waals surface area (Å²) in [5.74, 6) is 0.496. The first-order valence-electron chi connectivity index (χ1n) is 6.66. The molecule has 1 fully saturated rings. The highest BCUT2D eigenvalue weighted by molar-refractivity contribution is 5.79. The number of carbonyl (C=O) groups is 1. The summed E-state index contributed by atoms with van der Waals surface area (Å²) in [6, 6.07) is 0.0891. The minimum absolute atomic E-state index is 0.0705. The van der Waals surface area contributed by atoms with E-state index in [1.807, 2.05) is 6.92 Å². The minimum Gasteiger partial charge on any atom is -0.376 e. The van der Waals surface area contributed by atoms with Crippen LogP contribution in [0.2, 0.25) is 0 Å². The van der Waals surface area contributed by atoms with Gasteiger partial charge in [0.25, 0.3) is 0 Å². The van der Waals surface area contributed by atoms with E-state index < -0.39 is 0 Å². The van der Waals surface area contributed by atoms with Crippen LogP contribution in [0.5, 0.6) is 0 Å². The molecule has 4 nitrogen and oxygen atoms in total. The Morgan fingerprint density at radius 3 is 2.65 bits per heavy atom. The molecule has 0 aromatic heterocycles. The molecule has 1 aliphatic rings. The molecule has 0 saturated carbocycles. The largest absolute Gasteiger partial charge is 0.376 e. The smallest absolute Gasteiger partial charge is 0.224 e. The van der Waals surface area contributed by atoms with Crippen LogP contribution < -0.4 is 11.1 Å². The highest BCUT2D eigenvalue weighted by Crippen LogP contribution is 2.16. The molecule has 4 heteroatoms. The van der Waals surface area contributed by atoms with Gasteiger partial charge in [0, 0.05) is 13.2 Å². The summed E-state index contributed by atoms with van der Waals surface area (Å²) < 4.78 is 5.56. The third kappa shape index (κ3) is 4.64. The Morgan fingerprint density at radius 2 is 2.18 bits per heavy atom. The van der Waals surface area contributed by atoms with Gasteiger partial charge in [-0.2, -0.15) is 0 Å². The summed E-state index contributed by atoms with van der Waals surface area (Å²) in [7, 11) is 0. The van der Waals surface area contributed by atoms with E-state index in [-0.39, 0.29) is 24.0 Å². The SMILES string of the molecule is CC(C)CC(CN)C(=O)NC(C)C1CCCO1. The second kappa shape index (κ2) is 6.97. The van der Waals surface area contributed by atoms with Crippen LogP contribution in [0.4, 0.5) is 0 Å². The molecule has 0 spiro atoms. The van der Waals surface area contributed by atoms with Crippen molar-refractivity contribution < 1.29 is 9.53 Å². The normalized spacial score (nSPS) is 23.7. The Kier molecular flexibility index (Phi) is 5.92. The van der Waals surface area contributed by atoms with Crippen molar-refractivity contribution in [2.45, 2.75) is 52.2 Å². The predicted octanol–water partition coefficient (Wildman–Crippen LogP) is 1.29. The molecule has 0 aromatic rings. The van der Waals surface area contributed by atoms with Gasteiger partial charge in [-0.05, 0) is 32.1 Å². The molecule has 100 valence electrons. The molecule has 0 bridgehead atoms. The summed E-state index contributed by atoms with van der Waals surface area (Å²) in [6.45, 7) is 7.47. The maximum atomic E-state index is 12.0. The number of hydrogen-bond acceptors (Lipinski definition) is 3. The lowest BCUT2D eigenvalue weighted by Gasteiger charge is -2.23. The summed E-state index contributed by atoms with van der Waals surface area (Å²) >= 11 is 0. The lowest BCUT2D eigenvalue weighted by Crippen LogP contribution is -2.45. The molecule has 1 amide bonds. The van der Waals surface area contributed by atoms with Gasteiger partial charge in [0.15, 0.2) is 0 Å². The average molecular weight is 242 g/mol. The van der Waals surface area contributed by atoms with Crippen molar-refractivity contribution in [2.75, 3.05) is 13.2 Å². The van der Waals surface area contributed by atoms with Gasteiger partial charge in [0.2, 0.25) is 5.91 Å². The van der Waals surface area contributed by atoms with Crippen LogP contribution >= 0.6 is 0 Å². The Bertz CT molecular complexity index is 238. The van der Waals surface area contributed by atoms with Crippen molar-refractivity contribution in [3.8, 4) is 0 Å². The first kappa shape index (κ1) is 14.5. The van der Waals surface area contributed by atoms with E-state index in [2.05, 4.69) is 19.2 Å². The zero-order valence-electron chi connectivity index (χ0n) is 11.2. The topological polar surface area (TPSA) is 64.4 Å². The fraction of sp³-hybridized carbons (Fsp3) is 0.923. The number of carbonyl (C=O) groups excluding carboxylic acids is 1. The summed E-state index contributed by atoms with van der Waals surface area (Å²) in [4.78, 5) is 12.0. The standard InChI is InChI=1S/C13H26N2O2/c1-9(2)7-11(8-14)13(16)15-10(3)12-5-4-6-17-12/h9-12H,4-8,14H2,1-3H3,(H,15,16). The van der Waals surface area contributed by atoms with E-state index in [1.165, 1.54) is 0 Å². The zero-order valence-corrected chi connectivity index (χ0v) is 11.2. The molecule has 17 heavy (non-hydrogen) atoms. The van der Waals surface area contributed by atoms with Crippen LogP contribution in [0.25, 0.3) is 0 Å². The number of nitrogens with one attached hydrogen (secondary N) is 1. The van der Waals surface area contributed by atoms with Gasteiger partial charge in [-0.1, -0.05) is 13.8 Å². The van der Waals surface area contributed by atoms with E-state index in [4.69, 9.17) is 10.5 Å². The molecule has 0 radical (unpaired) electrons. The first-order chi connectivity index (χ1) is 8.04. The molecule has 0 aliphatic carbocycles. The fourth-order valence-electron chi connectivity index (χ4n) is 2.31. The lowest BCUT2D eigenvalue weighted by molar-refractivity contribution is -0.126. The second-order valence-corrected chi connectivity index (χ2v) is 5.41. The molecule has 3 atom stereocenters. The van der Waals surface area contributed by atoms with Crippen molar-refractivity contribution in [3.05, 3.63) is 0 Å². The highest BCUT2D eigenvalue weighted by atomic mass is 16.5. The quantitative estimate of drug-likeness (QED) is 0.737. The van der Waals surface area contributed by atoms with Crippen LogP contribution in [0.1, 0.15) is 40.0 Å². The minimum atomic E-state index is -0.0705. The van der Waals surface area contributed by atoms with E-state index in [1.54, 1.807) is 0 Å². The molecule has 1 heterocycles. The van der Waals surface area contributed by atoms with Gasteiger partial charge < -0.3 is 15.8 Å². The van der Waals surface area contributed by atoms with E-state index in [0.717, 1.165) is 25.9 Å². The second-order valence-electron chi connectivity index (χ2n) is 5.41. The number of rotatable bonds is 6. The van der Waals surface area contributed by atoms with Crippen LogP contribution in [-0.4, -0.2) is 31.2 Å². The van der Waals surface area contributed by atoms with E-state index in [0.29, 0.717) is 12.5 Å². The van der Waals surface area contributed by atoms with Gasteiger partial charge in [-0.3, -0.25) is 4.79 Å². The third-order valence-corrected chi connectivity index (χ3v) is 3.30. The van der Waals surface area contributed by atoms with Crippen molar-refractivity contribution in [1.82, 2.24) is 5.32 Å². The van der Waals surface area contributed by atoms with Gasteiger partial charge in [-0.25, -0.2) is 0 Å². The predicted molar refractivity (Wildman–Crippen MR) is 68.6 cm³/mol. The fourth-order valence-corrected chi connectivity index (χ4v) is 2.31. The summed E-state index contributed by atoms with van der Waals surface area (Å²) in [6.07, 6.45) is 3.16. The number of ether oxygens (including phenoxy) is 1. The molecule has 3 unspecified atom stereocenters. The van der Waals surface area contributed by atoms with Gasteiger partial charge in [0.1, 0.15) is 0 Å².